The van der Waals surface area contributed by atoms with E-state index in [1.165, 1.54) is 31.2 Å². The molecule has 4 atom stereocenters. The Kier molecular flexibility index (Phi) is 10.4. The predicted molar refractivity (Wildman–Crippen MR) is 136 cm³/mol. The fourth-order valence-corrected chi connectivity index (χ4v) is 3.51. The van der Waals surface area contributed by atoms with Crippen LogP contribution in [0.2, 0.25) is 0 Å². The molecule has 0 saturated carbocycles. The molecule has 0 heterocycles. The molecule has 0 aliphatic rings. The number of nitrogens with two attached hydrogens (primary N) is 1. The Morgan fingerprint density at radius 2 is 1.22 bits per heavy atom. The summed E-state index contributed by atoms with van der Waals surface area (Å²) >= 11 is 0. The summed E-state index contributed by atoms with van der Waals surface area (Å²) in [6.07, 6.45) is 0.201. The number of carbonyl (C=O) groups excluding carboxylic acids is 3. The van der Waals surface area contributed by atoms with E-state index in [9.17, 15) is 34.5 Å². The minimum atomic E-state index is -1.19. The number of nitrogens with one attached hydrogen (secondary N) is 3. The van der Waals surface area contributed by atoms with E-state index in [1.54, 1.807) is 38.1 Å². The summed E-state index contributed by atoms with van der Waals surface area (Å²) in [6.45, 7) is 4.70. The molecular formula is C26H34N4O7. The van der Waals surface area contributed by atoms with Crippen molar-refractivity contribution in [3.8, 4) is 11.5 Å². The largest absolute Gasteiger partial charge is 0.508 e. The Morgan fingerprint density at radius 3 is 1.68 bits per heavy atom. The second kappa shape index (κ2) is 13.3. The zero-order chi connectivity index (χ0) is 27.7. The van der Waals surface area contributed by atoms with Crippen LogP contribution in [0.15, 0.2) is 48.5 Å². The Balaban J connectivity index is 2.12. The Morgan fingerprint density at radius 1 is 0.730 bits per heavy atom. The molecule has 0 spiro atoms. The molecule has 0 saturated heterocycles. The summed E-state index contributed by atoms with van der Waals surface area (Å²) in [6, 6.07) is 7.95. The first-order valence-corrected chi connectivity index (χ1v) is 11.8. The van der Waals surface area contributed by atoms with E-state index in [0.29, 0.717) is 11.1 Å². The van der Waals surface area contributed by atoms with Crippen molar-refractivity contribution in [2.75, 3.05) is 0 Å². The van der Waals surface area contributed by atoms with Gasteiger partial charge in [-0.05, 0) is 54.7 Å². The van der Waals surface area contributed by atoms with Crippen LogP contribution in [0.1, 0.15) is 31.9 Å². The first kappa shape index (κ1) is 29.1. The molecule has 11 nitrogen and oxygen atoms in total. The van der Waals surface area contributed by atoms with Crippen LogP contribution in [0.5, 0.6) is 11.5 Å². The maximum absolute atomic E-state index is 13.1. The van der Waals surface area contributed by atoms with Gasteiger partial charge in [-0.25, -0.2) is 4.79 Å². The van der Waals surface area contributed by atoms with Crippen LogP contribution >= 0.6 is 0 Å². The minimum absolute atomic E-state index is 0.0353. The average Bonchev–Trinajstić information content (AvgIpc) is 2.83. The van der Waals surface area contributed by atoms with Crippen molar-refractivity contribution in [2.45, 2.75) is 57.8 Å². The summed E-state index contributed by atoms with van der Waals surface area (Å²) in [5.74, 6) is -3.41. The number of phenolic OH excluding ortho intramolecular Hbond substituents is 2. The molecule has 37 heavy (non-hydrogen) atoms. The summed E-state index contributed by atoms with van der Waals surface area (Å²) in [4.78, 5) is 49.9. The molecule has 2 rings (SSSR count). The van der Waals surface area contributed by atoms with E-state index < -0.39 is 47.9 Å². The molecule has 4 unspecified atom stereocenters. The van der Waals surface area contributed by atoms with Crippen LogP contribution in [0.3, 0.4) is 0 Å². The van der Waals surface area contributed by atoms with E-state index >= 15 is 0 Å². The Hall–Kier alpha value is -4.12. The number of aromatic hydroxyl groups is 2. The molecule has 0 bridgehead atoms. The lowest BCUT2D eigenvalue weighted by Gasteiger charge is -2.24. The fraction of sp³-hybridized carbons (Fsp3) is 0.385. The second-order valence-electron chi connectivity index (χ2n) is 9.21. The average molecular weight is 515 g/mol. The van der Waals surface area contributed by atoms with Gasteiger partial charge >= 0.3 is 5.97 Å². The lowest BCUT2D eigenvalue weighted by atomic mass is 10.0. The molecule has 0 fully saturated rings. The summed E-state index contributed by atoms with van der Waals surface area (Å²) in [5, 5.41) is 35.8. The molecule has 2 aromatic rings. The quantitative estimate of drug-likeness (QED) is 0.212. The molecule has 0 aliphatic heterocycles. The van der Waals surface area contributed by atoms with Crippen molar-refractivity contribution in [2.24, 2.45) is 11.7 Å². The van der Waals surface area contributed by atoms with Gasteiger partial charge in [0.25, 0.3) is 0 Å². The molecule has 8 N–H and O–H groups in total. The predicted octanol–water partition coefficient (Wildman–Crippen LogP) is 0.425. The van der Waals surface area contributed by atoms with Gasteiger partial charge in [0, 0.05) is 6.42 Å². The van der Waals surface area contributed by atoms with Crippen molar-refractivity contribution < 1.29 is 34.5 Å². The van der Waals surface area contributed by atoms with E-state index in [4.69, 9.17) is 5.73 Å². The number of carbonyl (C=O) groups is 4. The topological polar surface area (TPSA) is 191 Å². The third-order valence-electron chi connectivity index (χ3n) is 5.72. The van der Waals surface area contributed by atoms with E-state index in [2.05, 4.69) is 16.0 Å². The van der Waals surface area contributed by atoms with Gasteiger partial charge in [-0.2, -0.15) is 0 Å². The first-order valence-electron chi connectivity index (χ1n) is 11.8. The Bertz CT molecular complexity index is 1090. The molecular weight excluding hydrogens is 480 g/mol. The third-order valence-corrected chi connectivity index (χ3v) is 5.72. The van der Waals surface area contributed by atoms with Gasteiger partial charge in [-0.15, -0.1) is 0 Å². The highest BCUT2D eigenvalue weighted by molar-refractivity contribution is 5.94. The highest BCUT2D eigenvalue weighted by atomic mass is 16.4. The number of amides is 3. The van der Waals surface area contributed by atoms with Crippen LogP contribution in [0.25, 0.3) is 0 Å². The summed E-state index contributed by atoms with van der Waals surface area (Å²) < 4.78 is 0. The van der Waals surface area contributed by atoms with Crippen LogP contribution < -0.4 is 21.7 Å². The maximum atomic E-state index is 13.1. The van der Waals surface area contributed by atoms with Gasteiger partial charge < -0.3 is 37.0 Å². The van der Waals surface area contributed by atoms with Gasteiger partial charge in [-0.1, -0.05) is 38.1 Å². The number of hydrogen-bond acceptors (Lipinski definition) is 7. The number of rotatable bonds is 12. The number of carboxylic acids is 1. The molecule has 200 valence electrons. The number of benzene rings is 2. The van der Waals surface area contributed by atoms with Crippen LogP contribution in [0.4, 0.5) is 0 Å². The standard InChI is InChI=1S/C26H34N4O7/c1-14(2)22(26(36)37)30-23(33)15(3)28-25(35)21(13-17-6-10-19(32)11-7-17)29-24(34)20(27)12-16-4-8-18(31)9-5-16/h4-11,14-15,20-22,31-32H,12-13,27H2,1-3H3,(H,28,35)(H,29,34)(H,30,33)(H,36,37). The number of aliphatic carboxylic acids is 1. The summed E-state index contributed by atoms with van der Waals surface area (Å²) in [5.41, 5.74) is 7.39. The van der Waals surface area contributed by atoms with Crippen LogP contribution in [-0.2, 0) is 32.0 Å². The molecule has 3 amide bonds. The fourth-order valence-electron chi connectivity index (χ4n) is 3.51. The van der Waals surface area contributed by atoms with Gasteiger partial charge in [0.05, 0.1) is 6.04 Å². The first-order chi connectivity index (χ1) is 17.4. The van der Waals surface area contributed by atoms with Gasteiger partial charge in [0.1, 0.15) is 29.6 Å². The van der Waals surface area contributed by atoms with Crippen molar-refractivity contribution in [1.82, 2.24) is 16.0 Å². The molecule has 11 heteroatoms. The molecule has 0 aliphatic carbocycles. The van der Waals surface area contributed by atoms with Crippen molar-refractivity contribution in [3.05, 3.63) is 59.7 Å². The van der Waals surface area contributed by atoms with Crippen molar-refractivity contribution >= 4 is 23.7 Å². The molecule has 2 aromatic carbocycles. The van der Waals surface area contributed by atoms with Gasteiger partial charge in [0.2, 0.25) is 17.7 Å². The van der Waals surface area contributed by atoms with Gasteiger partial charge in [-0.3, -0.25) is 14.4 Å². The van der Waals surface area contributed by atoms with E-state index in [-0.39, 0.29) is 30.3 Å². The smallest absolute Gasteiger partial charge is 0.326 e. The van der Waals surface area contributed by atoms with E-state index in [0.717, 1.165) is 0 Å². The normalized spacial score (nSPS) is 14.2. The monoisotopic (exact) mass is 514 g/mol. The summed E-state index contributed by atoms with van der Waals surface area (Å²) in [7, 11) is 0. The van der Waals surface area contributed by atoms with Crippen LogP contribution in [-0.4, -0.2) is 63.2 Å². The highest BCUT2D eigenvalue weighted by Gasteiger charge is 2.29. The SMILES string of the molecule is CC(NC(=O)C(Cc1ccc(O)cc1)NC(=O)C(N)Cc1ccc(O)cc1)C(=O)NC(C(=O)O)C(C)C. The zero-order valence-corrected chi connectivity index (χ0v) is 21.0. The lowest BCUT2D eigenvalue weighted by molar-refractivity contribution is -0.143. The number of phenols is 2. The molecule has 0 radical (unpaired) electrons. The van der Waals surface area contributed by atoms with Crippen LogP contribution in [0, 0.1) is 5.92 Å². The van der Waals surface area contributed by atoms with E-state index in [1.807, 2.05) is 0 Å². The maximum Gasteiger partial charge on any atom is 0.326 e. The minimum Gasteiger partial charge on any atom is -0.508 e. The second-order valence-corrected chi connectivity index (χ2v) is 9.21. The Labute approximate surface area is 215 Å². The zero-order valence-electron chi connectivity index (χ0n) is 21.0. The highest BCUT2D eigenvalue weighted by Crippen LogP contribution is 2.13. The van der Waals surface area contributed by atoms with Gasteiger partial charge in [0.15, 0.2) is 0 Å². The number of hydrogen-bond donors (Lipinski definition) is 7. The van der Waals surface area contributed by atoms with Crippen molar-refractivity contribution in [3.63, 3.8) is 0 Å². The lowest BCUT2D eigenvalue weighted by Crippen LogP contribution is -2.57. The third kappa shape index (κ3) is 9.12. The van der Waals surface area contributed by atoms with Crippen molar-refractivity contribution in [1.29, 1.82) is 0 Å². The molecule has 0 aromatic heterocycles. The number of carboxylic acid groups (broad SMARTS) is 1.